The summed E-state index contributed by atoms with van der Waals surface area (Å²) < 4.78 is 0. The lowest BCUT2D eigenvalue weighted by Gasteiger charge is -2.30. The van der Waals surface area contributed by atoms with E-state index in [1.54, 1.807) is 6.07 Å². The molecular formula is C23H22N4O. The van der Waals surface area contributed by atoms with Gasteiger partial charge in [-0.2, -0.15) is 0 Å². The second kappa shape index (κ2) is 6.75. The van der Waals surface area contributed by atoms with Crippen molar-refractivity contribution in [1.29, 1.82) is 0 Å². The molecule has 2 aliphatic rings. The van der Waals surface area contributed by atoms with Gasteiger partial charge in [0.2, 0.25) is 5.95 Å². The molecule has 3 heterocycles. The molecule has 5 nitrogen and oxygen atoms in total. The van der Waals surface area contributed by atoms with Crippen LogP contribution in [0, 0.1) is 6.92 Å². The third-order valence-electron chi connectivity index (χ3n) is 5.55. The number of anilines is 3. The highest BCUT2D eigenvalue weighted by Gasteiger charge is 2.28. The Balaban J connectivity index is 1.52. The highest BCUT2D eigenvalue weighted by Crippen LogP contribution is 2.32. The number of fused-ring (bicyclic) bond motifs is 2. The van der Waals surface area contributed by atoms with Crippen LogP contribution in [-0.4, -0.2) is 29.0 Å². The Morgan fingerprint density at radius 3 is 2.43 bits per heavy atom. The minimum absolute atomic E-state index is 0.0537. The number of amides is 1. The fraction of sp³-hybridized carbons (Fsp3) is 0.261. The van der Waals surface area contributed by atoms with Gasteiger partial charge in [0.25, 0.3) is 5.91 Å². The molecule has 0 aliphatic carbocycles. The smallest absolute Gasteiger partial charge is 0.277 e. The van der Waals surface area contributed by atoms with Crippen molar-refractivity contribution in [2.24, 2.45) is 0 Å². The SMILES string of the molecule is Cc1cc(C(=O)N2CCc3ccccc32)nc(N2CCCc3ccccc32)n1. The summed E-state index contributed by atoms with van der Waals surface area (Å²) in [6.45, 7) is 3.49. The molecule has 1 aromatic heterocycles. The van der Waals surface area contributed by atoms with E-state index in [2.05, 4.69) is 34.1 Å². The quantitative estimate of drug-likeness (QED) is 0.682. The molecule has 2 aliphatic heterocycles. The van der Waals surface area contributed by atoms with Crippen molar-refractivity contribution in [3.05, 3.63) is 77.1 Å². The Morgan fingerprint density at radius 1 is 0.893 bits per heavy atom. The first-order chi connectivity index (χ1) is 13.7. The van der Waals surface area contributed by atoms with Crippen LogP contribution in [0.15, 0.2) is 54.6 Å². The van der Waals surface area contributed by atoms with E-state index in [0.29, 0.717) is 18.2 Å². The topological polar surface area (TPSA) is 49.3 Å². The Labute approximate surface area is 164 Å². The van der Waals surface area contributed by atoms with Crippen LogP contribution >= 0.6 is 0 Å². The summed E-state index contributed by atoms with van der Waals surface area (Å²) in [6, 6.07) is 18.3. The van der Waals surface area contributed by atoms with Crippen LogP contribution in [0.4, 0.5) is 17.3 Å². The number of aryl methyl sites for hydroxylation is 2. The van der Waals surface area contributed by atoms with Gasteiger partial charge in [-0.1, -0.05) is 36.4 Å². The Kier molecular flexibility index (Phi) is 4.08. The number of carbonyl (C=O) groups is 1. The second-order valence-corrected chi connectivity index (χ2v) is 7.41. The van der Waals surface area contributed by atoms with Gasteiger partial charge in [0.15, 0.2) is 0 Å². The Morgan fingerprint density at radius 2 is 1.61 bits per heavy atom. The van der Waals surface area contributed by atoms with E-state index in [1.807, 2.05) is 36.1 Å². The number of hydrogen-bond donors (Lipinski definition) is 0. The van der Waals surface area contributed by atoms with Crippen molar-refractivity contribution in [3.8, 4) is 0 Å². The molecule has 0 fully saturated rings. The van der Waals surface area contributed by atoms with Gasteiger partial charge < -0.3 is 9.80 Å². The van der Waals surface area contributed by atoms with Crippen LogP contribution in [-0.2, 0) is 12.8 Å². The lowest BCUT2D eigenvalue weighted by Crippen LogP contribution is -2.31. The zero-order valence-electron chi connectivity index (χ0n) is 15.9. The first-order valence-corrected chi connectivity index (χ1v) is 9.81. The summed E-state index contributed by atoms with van der Waals surface area (Å²) >= 11 is 0. The molecule has 0 atom stereocenters. The summed E-state index contributed by atoms with van der Waals surface area (Å²) in [5, 5.41) is 0. The first-order valence-electron chi connectivity index (χ1n) is 9.81. The van der Waals surface area contributed by atoms with Crippen molar-refractivity contribution in [2.75, 3.05) is 22.9 Å². The molecule has 0 saturated heterocycles. The summed E-state index contributed by atoms with van der Waals surface area (Å²) in [7, 11) is 0. The van der Waals surface area contributed by atoms with Gasteiger partial charge in [-0.3, -0.25) is 4.79 Å². The molecule has 140 valence electrons. The highest BCUT2D eigenvalue weighted by molar-refractivity contribution is 6.06. The standard InChI is InChI=1S/C23H22N4O/c1-16-15-19(22(28)26-14-12-18-8-3-4-10-20(18)26)25-23(24-16)27-13-6-9-17-7-2-5-11-21(17)27/h2-5,7-8,10-11,15H,6,9,12-14H2,1H3. The molecule has 0 radical (unpaired) electrons. The minimum atomic E-state index is -0.0537. The zero-order valence-corrected chi connectivity index (χ0v) is 15.9. The van der Waals surface area contributed by atoms with Crippen LogP contribution in [0.2, 0.25) is 0 Å². The lowest BCUT2D eigenvalue weighted by molar-refractivity contribution is 0.0984. The summed E-state index contributed by atoms with van der Waals surface area (Å²) in [5.41, 5.74) is 5.93. The largest absolute Gasteiger partial charge is 0.310 e. The summed E-state index contributed by atoms with van der Waals surface area (Å²) in [4.78, 5) is 26.6. The predicted octanol–water partition coefficient (Wildman–Crippen LogP) is 4.07. The van der Waals surface area contributed by atoms with Crippen LogP contribution < -0.4 is 9.80 Å². The van der Waals surface area contributed by atoms with E-state index in [-0.39, 0.29) is 5.91 Å². The molecule has 0 N–H and O–H groups in total. The van der Waals surface area contributed by atoms with Crippen molar-refractivity contribution in [3.63, 3.8) is 0 Å². The van der Waals surface area contributed by atoms with E-state index < -0.39 is 0 Å². The van der Waals surface area contributed by atoms with E-state index in [9.17, 15) is 4.79 Å². The van der Waals surface area contributed by atoms with Crippen molar-refractivity contribution in [1.82, 2.24) is 9.97 Å². The zero-order chi connectivity index (χ0) is 19.1. The monoisotopic (exact) mass is 370 g/mol. The number of hydrogen-bond acceptors (Lipinski definition) is 4. The molecule has 5 rings (SSSR count). The maximum atomic E-state index is 13.3. The van der Waals surface area contributed by atoms with E-state index in [4.69, 9.17) is 4.98 Å². The molecule has 0 unspecified atom stereocenters. The number of benzene rings is 2. The number of para-hydroxylation sites is 2. The molecule has 5 heteroatoms. The summed E-state index contributed by atoms with van der Waals surface area (Å²) in [5.74, 6) is 0.560. The fourth-order valence-electron chi connectivity index (χ4n) is 4.21. The van der Waals surface area contributed by atoms with Crippen LogP contribution in [0.1, 0.15) is 33.7 Å². The van der Waals surface area contributed by atoms with Crippen molar-refractivity contribution < 1.29 is 4.79 Å². The van der Waals surface area contributed by atoms with Gasteiger partial charge in [0.05, 0.1) is 0 Å². The predicted molar refractivity (Wildman–Crippen MR) is 110 cm³/mol. The third kappa shape index (κ3) is 2.83. The molecule has 0 bridgehead atoms. The molecule has 28 heavy (non-hydrogen) atoms. The minimum Gasteiger partial charge on any atom is -0.310 e. The van der Waals surface area contributed by atoms with E-state index in [1.165, 1.54) is 11.1 Å². The summed E-state index contributed by atoms with van der Waals surface area (Å²) in [6.07, 6.45) is 3.00. The van der Waals surface area contributed by atoms with Gasteiger partial charge in [-0.05, 0) is 55.5 Å². The normalized spacial score (nSPS) is 15.3. The molecule has 0 saturated carbocycles. The van der Waals surface area contributed by atoms with Gasteiger partial charge in [-0.25, -0.2) is 9.97 Å². The van der Waals surface area contributed by atoms with Crippen molar-refractivity contribution in [2.45, 2.75) is 26.2 Å². The molecule has 3 aromatic rings. The Hall–Kier alpha value is -3.21. The number of carbonyl (C=O) groups excluding carboxylic acids is 1. The molecule has 1 amide bonds. The highest BCUT2D eigenvalue weighted by atomic mass is 16.2. The molecule has 2 aromatic carbocycles. The van der Waals surface area contributed by atoms with Crippen LogP contribution in [0.3, 0.4) is 0 Å². The van der Waals surface area contributed by atoms with Gasteiger partial charge in [0.1, 0.15) is 5.69 Å². The van der Waals surface area contributed by atoms with E-state index >= 15 is 0 Å². The van der Waals surface area contributed by atoms with Gasteiger partial charge >= 0.3 is 0 Å². The van der Waals surface area contributed by atoms with Crippen LogP contribution in [0.5, 0.6) is 0 Å². The average molecular weight is 370 g/mol. The second-order valence-electron chi connectivity index (χ2n) is 7.41. The Bertz CT molecular complexity index is 1060. The first kappa shape index (κ1) is 16.9. The fourth-order valence-corrected chi connectivity index (χ4v) is 4.21. The van der Waals surface area contributed by atoms with Crippen LogP contribution in [0.25, 0.3) is 0 Å². The third-order valence-corrected chi connectivity index (χ3v) is 5.55. The number of aromatic nitrogens is 2. The number of rotatable bonds is 2. The van der Waals surface area contributed by atoms with Gasteiger partial charge in [0, 0.05) is 30.2 Å². The number of nitrogens with zero attached hydrogens (tertiary/aromatic N) is 4. The van der Waals surface area contributed by atoms with E-state index in [0.717, 1.165) is 42.9 Å². The lowest BCUT2D eigenvalue weighted by atomic mass is 10.0. The maximum Gasteiger partial charge on any atom is 0.277 e. The maximum absolute atomic E-state index is 13.3. The average Bonchev–Trinajstić information content (AvgIpc) is 3.16. The van der Waals surface area contributed by atoms with Gasteiger partial charge in [-0.15, -0.1) is 0 Å². The van der Waals surface area contributed by atoms with Crippen molar-refractivity contribution >= 4 is 23.2 Å². The molecule has 0 spiro atoms. The molecular weight excluding hydrogens is 348 g/mol.